The number of benzene rings is 1. The van der Waals surface area contributed by atoms with Crippen LogP contribution in [0.2, 0.25) is 0 Å². The number of amides is 1. The Hall–Kier alpha value is -1.46. The van der Waals surface area contributed by atoms with Crippen molar-refractivity contribution in [1.29, 1.82) is 0 Å². The van der Waals surface area contributed by atoms with Crippen LogP contribution in [0.25, 0.3) is 0 Å². The first-order valence-corrected chi connectivity index (χ1v) is 7.81. The van der Waals surface area contributed by atoms with Gasteiger partial charge in [-0.25, -0.2) is 0 Å². The summed E-state index contributed by atoms with van der Waals surface area (Å²) in [5, 5.41) is 9.17. The van der Waals surface area contributed by atoms with Gasteiger partial charge < -0.3 is 15.7 Å². The van der Waals surface area contributed by atoms with Crippen molar-refractivity contribution in [3.8, 4) is 0 Å². The minimum Gasteiger partial charge on any atom is -0.396 e. The topological polar surface area (TPSA) is 66.6 Å². The minimum atomic E-state index is 0.0398. The van der Waals surface area contributed by atoms with Crippen molar-refractivity contribution in [1.82, 2.24) is 4.90 Å². The average molecular weight is 306 g/mol. The lowest BCUT2D eigenvalue weighted by Crippen LogP contribution is -2.44. The third-order valence-corrected chi connectivity index (χ3v) is 4.05. The van der Waals surface area contributed by atoms with Crippen molar-refractivity contribution < 1.29 is 9.90 Å². The van der Waals surface area contributed by atoms with Gasteiger partial charge in [-0.1, -0.05) is 24.4 Å². The Bertz CT molecular complexity index is 517. The van der Waals surface area contributed by atoms with Gasteiger partial charge in [-0.2, -0.15) is 0 Å². The maximum absolute atomic E-state index is 12.7. The van der Waals surface area contributed by atoms with E-state index in [-0.39, 0.29) is 18.6 Å². The Morgan fingerprint density at radius 2 is 2.24 bits per heavy atom. The largest absolute Gasteiger partial charge is 0.396 e. The lowest BCUT2D eigenvalue weighted by atomic mass is 9.98. The molecule has 1 amide bonds. The average Bonchev–Trinajstić information content (AvgIpc) is 2.47. The zero-order valence-electron chi connectivity index (χ0n) is 12.1. The van der Waals surface area contributed by atoms with Gasteiger partial charge in [0.05, 0.1) is 4.99 Å². The van der Waals surface area contributed by atoms with Gasteiger partial charge >= 0.3 is 0 Å². The zero-order valence-corrected chi connectivity index (χ0v) is 12.9. The van der Waals surface area contributed by atoms with Crippen LogP contribution in [0.15, 0.2) is 24.3 Å². The zero-order chi connectivity index (χ0) is 15.2. The van der Waals surface area contributed by atoms with Gasteiger partial charge in [-0.15, -0.1) is 0 Å². The molecular weight excluding hydrogens is 284 g/mol. The van der Waals surface area contributed by atoms with Gasteiger partial charge in [0, 0.05) is 31.2 Å². The van der Waals surface area contributed by atoms with Crippen molar-refractivity contribution in [2.75, 3.05) is 13.2 Å². The van der Waals surface area contributed by atoms with E-state index >= 15 is 0 Å². The van der Waals surface area contributed by atoms with Crippen molar-refractivity contribution in [2.24, 2.45) is 5.73 Å². The number of likely N-dealkylation sites (tertiary alicyclic amines) is 1. The summed E-state index contributed by atoms with van der Waals surface area (Å²) < 4.78 is 0. The summed E-state index contributed by atoms with van der Waals surface area (Å²) in [7, 11) is 0. The van der Waals surface area contributed by atoms with E-state index in [4.69, 9.17) is 23.1 Å². The minimum absolute atomic E-state index is 0.0398. The highest BCUT2D eigenvalue weighted by Gasteiger charge is 2.27. The molecule has 1 aromatic rings. The number of rotatable bonds is 5. The number of carbonyl (C=O) groups is 1. The molecule has 0 aliphatic carbocycles. The van der Waals surface area contributed by atoms with Gasteiger partial charge in [0.1, 0.15) is 0 Å². The van der Waals surface area contributed by atoms with Crippen LogP contribution in [-0.2, 0) is 6.42 Å². The van der Waals surface area contributed by atoms with E-state index < -0.39 is 0 Å². The maximum atomic E-state index is 12.7. The standard InChI is InChI=1S/C16H22N2O2S/c17-15(21)11-12-4-3-5-13(10-12)16(20)18-8-2-1-6-14(18)7-9-19/h3-5,10,14,19H,1-2,6-9,11H2,(H2,17,21). The molecule has 1 heterocycles. The summed E-state index contributed by atoms with van der Waals surface area (Å²) in [6, 6.07) is 7.64. The van der Waals surface area contributed by atoms with Crippen molar-refractivity contribution in [3.05, 3.63) is 35.4 Å². The van der Waals surface area contributed by atoms with Crippen molar-refractivity contribution >= 4 is 23.1 Å². The van der Waals surface area contributed by atoms with Crippen LogP contribution in [0.5, 0.6) is 0 Å². The van der Waals surface area contributed by atoms with Crippen LogP contribution in [0.4, 0.5) is 0 Å². The highest BCUT2D eigenvalue weighted by Crippen LogP contribution is 2.22. The molecule has 0 bridgehead atoms. The quantitative estimate of drug-likeness (QED) is 0.815. The fraction of sp³-hybridized carbons (Fsp3) is 0.500. The van der Waals surface area contributed by atoms with Gasteiger partial charge in [-0.05, 0) is 43.4 Å². The number of thiocarbonyl (C=S) groups is 1. The molecule has 2 rings (SSSR count). The number of carbonyl (C=O) groups excluding carboxylic acids is 1. The highest BCUT2D eigenvalue weighted by atomic mass is 32.1. The summed E-state index contributed by atoms with van der Waals surface area (Å²) in [6.07, 6.45) is 4.28. The number of hydrogen-bond acceptors (Lipinski definition) is 3. The Balaban J connectivity index is 2.15. The Morgan fingerprint density at radius 3 is 2.95 bits per heavy atom. The molecule has 1 fully saturated rings. The maximum Gasteiger partial charge on any atom is 0.254 e. The van der Waals surface area contributed by atoms with Crippen LogP contribution in [-0.4, -0.2) is 40.1 Å². The smallest absolute Gasteiger partial charge is 0.254 e. The Morgan fingerprint density at radius 1 is 1.43 bits per heavy atom. The van der Waals surface area contributed by atoms with Gasteiger partial charge in [0.2, 0.25) is 0 Å². The second-order valence-electron chi connectivity index (χ2n) is 5.50. The van der Waals surface area contributed by atoms with E-state index in [0.717, 1.165) is 31.4 Å². The molecule has 1 unspecified atom stereocenters. The molecule has 0 saturated carbocycles. The predicted molar refractivity (Wildman–Crippen MR) is 87.3 cm³/mol. The normalized spacial score (nSPS) is 18.5. The van der Waals surface area contributed by atoms with Gasteiger partial charge in [0.15, 0.2) is 0 Å². The lowest BCUT2D eigenvalue weighted by Gasteiger charge is -2.35. The monoisotopic (exact) mass is 306 g/mol. The van der Waals surface area contributed by atoms with Crippen LogP contribution in [0.1, 0.15) is 41.6 Å². The first-order chi connectivity index (χ1) is 10.1. The molecule has 0 aromatic heterocycles. The summed E-state index contributed by atoms with van der Waals surface area (Å²) in [5.74, 6) is 0.0398. The van der Waals surface area contributed by atoms with Gasteiger partial charge in [0.25, 0.3) is 5.91 Å². The van der Waals surface area contributed by atoms with E-state index in [0.29, 0.717) is 23.4 Å². The number of aliphatic hydroxyl groups excluding tert-OH is 1. The number of nitrogens with zero attached hydrogens (tertiary/aromatic N) is 1. The molecule has 1 saturated heterocycles. The number of piperidine rings is 1. The molecule has 3 N–H and O–H groups in total. The van der Waals surface area contributed by atoms with Crippen molar-refractivity contribution in [3.63, 3.8) is 0 Å². The number of nitrogens with two attached hydrogens (primary N) is 1. The highest BCUT2D eigenvalue weighted by molar-refractivity contribution is 7.80. The molecule has 0 radical (unpaired) electrons. The number of hydrogen-bond donors (Lipinski definition) is 2. The third kappa shape index (κ3) is 4.25. The molecular formula is C16H22N2O2S. The van der Waals surface area contributed by atoms with Crippen LogP contribution >= 0.6 is 12.2 Å². The molecule has 1 aliphatic heterocycles. The fourth-order valence-electron chi connectivity index (χ4n) is 2.90. The SMILES string of the molecule is NC(=S)Cc1cccc(C(=O)N2CCCCC2CCO)c1. The molecule has 21 heavy (non-hydrogen) atoms. The lowest BCUT2D eigenvalue weighted by molar-refractivity contribution is 0.0574. The first kappa shape index (κ1) is 15.9. The van der Waals surface area contributed by atoms with Crippen LogP contribution in [0.3, 0.4) is 0 Å². The van der Waals surface area contributed by atoms with E-state index in [9.17, 15) is 4.79 Å². The fourth-order valence-corrected chi connectivity index (χ4v) is 3.07. The molecule has 5 heteroatoms. The summed E-state index contributed by atoms with van der Waals surface area (Å²) in [5.41, 5.74) is 7.20. The van der Waals surface area contributed by atoms with Crippen molar-refractivity contribution in [2.45, 2.75) is 38.1 Å². The Kier molecular flexibility index (Phi) is 5.70. The second kappa shape index (κ2) is 7.52. The molecule has 1 aliphatic rings. The first-order valence-electron chi connectivity index (χ1n) is 7.41. The second-order valence-corrected chi connectivity index (χ2v) is 6.03. The Labute approximate surface area is 130 Å². The van der Waals surface area contributed by atoms with E-state index in [1.54, 1.807) is 0 Å². The predicted octanol–water partition coefficient (Wildman–Crippen LogP) is 1.89. The molecule has 4 nitrogen and oxygen atoms in total. The third-order valence-electron chi connectivity index (χ3n) is 3.90. The van der Waals surface area contributed by atoms with Crippen LogP contribution < -0.4 is 5.73 Å². The van der Waals surface area contributed by atoms with Crippen LogP contribution in [0, 0.1) is 0 Å². The number of aliphatic hydroxyl groups is 1. The molecule has 114 valence electrons. The van der Waals surface area contributed by atoms with E-state index in [1.807, 2.05) is 29.2 Å². The van der Waals surface area contributed by atoms with E-state index in [2.05, 4.69) is 0 Å². The summed E-state index contributed by atoms with van der Waals surface area (Å²) in [4.78, 5) is 15.0. The molecule has 0 spiro atoms. The summed E-state index contributed by atoms with van der Waals surface area (Å²) in [6.45, 7) is 0.888. The molecule has 1 atom stereocenters. The van der Waals surface area contributed by atoms with E-state index in [1.165, 1.54) is 0 Å². The van der Waals surface area contributed by atoms with Gasteiger partial charge in [-0.3, -0.25) is 4.79 Å². The summed E-state index contributed by atoms with van der Waals surface area (Å²) >= 11 is 4.92. The molecule has 1 aromatic carbocycles.